The second kappa shape index (κ2) is 22.3. The Balaban J connectivity index is 0.00000107. The molecule has 1 heteroatoms. The second-order valence-electron chi connectivity index (χ2n) is 15.0. The Morgan fingerprint density at radius 1 is 0.840 bits per heavy atom. The number of allylic oxidation sites excluding steroid dienone is 3. The van der Waals surface area contributed by atoms with Crippen molar-refractivity contribution in [3.05, 3.63) is 93.6 Å². The Morgan fingerprint density at radius 3 is 1.80 bits per heavy atom. The zero-order chi connectivity index (χ0) is 39.0. The summed E-state index contributed by atoms with van der Waals surface area (Å²) in [5.41, 5.74) is 12.6. The highest BCUT2D eigenvalue weighted by molar-refractivity contribution is 5.92. The highest BCUT2D eigenvalue weighted by atomic mass is 16.1. The van der Waals surface area contributed by atoms with E-state index >= 15 is 0 Å². The molecule has 3 rings (SSSR count). The van der Waals surface area contributed by atoms with Crippen LogP contribution >= 0.6 is 0 Å². The third-order valence-corrected chi connectivity index (χ3v) is 11.6. The molecule has 50 heavy (non-hydrogen) atoms. The molecule has 0 bridgehead atoms. The normalized spacial score (nSPS) is 18.4. The van der Waals surface area contributed by atoms with Gasteiger partial charge in [-0.25, -0.2) is 0 Å². The van der Waals surface area contributed by atoms with Gasteiger partial charge >= 0.3 is 0 Å². The molecule has 1 nitrogen and oxygen atoms in total. The van der Waals surface area contributed by atoms with E-state index in [1.807, 2.05) is 33.8 Å². The van der Waals surface area contributed by atoms with Crippen molar-refractivity contribution in [2.45, 2.75) is 174 Å². The van der Waals surface area contributed by atoms with E-state index in [9.17, 15) is 4.79 Å². The van der Waals surface area contributed by atoms with E-state index in [2.05, 4.69) is 146 Å². The molecule has 0 saturated heterocycles. The molecule has 1 aliphatic carbocycles. The van der Waals surface area contributed by atoms with Crippen molar-refractivity contribution in [2.24, 2.45) is 23.2 Å². The molecule has 2 aromatic carbocycles. The minimum absolute atomic E-state index is 0.231. The van der Waals surface area contributed by atoms with E-state index < -0.39 is 0 Å². The number of benzene rings is 2. The Kier molecular flexibility index (Phi) is 21.1. The predicted octanol–water partition coefficient (Wildman–Crippen LogP) is 15.7. The molecule has 0 aromatic heterocycles. The molecule has 2 unspecified atom stereocenters. The van der Waals surface area contributed by atoms with Gasteiger partial charge in [-0.15, -0.1) is 0 Å². The van der Waals surface area contributed by atoms with E-state index in [0.717, 1.165) is 31.3 Å². The average molecular weight is 685 g/mol. The second-order valence-corrected chi connectivity index (χ2v) is 15.0. The number of aryl methyl sites for hydroxylation is 2. The van der Waals surface area contributed by atoms with Crippen LogP contribution in [0, 0.1) is 37.0 Å². The van der Waals surface area contributed by atoms with Gasteiger partial charge in [-0.05, 0) is 134 Å². The van der Waals surface area contributed by atoms with Gasteiger partial charge < -0.3 is 0 Å². The summed E-state index contributed by atoms with van der Waals surface area (Å²) in [5.74, 6) is 2.32. The zero-order valence-corrected chi connectivity index (χ0v) is 36.3. The number of carbonyl (C=O) groups is 1. The molecular formula is C49H80O. The van der Waals surface area contributed by atoms with Gasteiger partial charge in [-0.3, -0.25) is 4.79 Å². The van der Waals surface area contributed by atoms with Gasteiger partial charge in [0, 0.05) is 11.3 Å². The van der Waals surface area contributed by atoms with Crippen molar-refractivity contribution in [3.63, 3.8) is 0 Å². The summed E-state index contributed by atoms with van der Waals surface area (Å²) in [6, 6.07) is 11.7. The third kappa shape index (κ3) is 11.2. The Bertz CT molecular complexity index is 1390. The summed E-state index contributed by atoms with van der Waals surface area (Å²) in [4.78, 5) is 11.9. The molecule has 2 aromatic rings. The molecule has 1 aliphatic rings. The van der Waals surface area contributed by atoms with Crippen LogP contribution in [0.25, 0.3) is 11.6 Å². The summed E-state index contributed by atoms with van der Waals surface area (Å²) in [6.07, 6.45) is 12.9. The largest absolute Gasteiger partial charge is 0.295 e. The van der Waals surface area contributed by atoms with E-state index in [4.69, 9.17) is 0 Å². The van der Waals surface area contributed by atoms with Crippen molar-refractivity contribution in [1.82, 2.24) is 0 Å². The van der Waals surface area contributed by atoms with Crippen molar-refractivity contribution in [3.8, 4) is 0 Å². The molecule has 0 heterocycles. The molecule has 0 radical (unpaired) electrons. The topological polar surface area (TPSA) is 17.1 Å². The highest BCUT2D eigenvalue weighted by Gasteiger charge is 2.65. The minimum Gasteiger partial charge on any atom is -0.295 e. The molecule has 0 aliphatic heterocycles. The van der Waals surface area contributed by atoms with Crippen LogP contribution in [0.15, 0.2) is 54.6 Å². The van der Waals surface area contributed by atoms with Crippen LogP contribution in [0.3, 0.4) is 0 Å². The lowest BCUT2D eigenvalue weighted by molar-refractivity contribution is -0.118. The maximum atomic E-state index is 11.9. The van der Waals surface area contributed by atoms with E-state index in [-0.39, 0.29) is 11.3 Å². The lowest BCUT2D eigenvalue weighted by Gasteiger charge is -2.30. The van der Waals surface area contributed by atoms with Crippen LogP contribution in [0.5, 0.6) is 0 Å². The lowest BCUT2D eigenvalue weighted by Crippen LogP contribution is -2.23. The maximum absolute atomic E-state index is 11.9. The van der Waals surface area contributed by atoms with E-state index in [1.165, 1.54) is 51.8 Å². The van der Waals surface area contributed by atoms with Gasteiger partial charge in [0.1, 0.15) is 0 Å². The van der Waals surface area contributed by atoms with Gasteiger partial charge in [0.05, 0.1) is 0 Å². The fourth-order valence-electron chi connectivity index (χ4n) is 8.02. The van der Waals surface area contributed by atoms with Crippen LogP contribution in [-0.4, -0.2) is 5.78 Å². The Hall–Kier alpha value is -2.67. The molecule has 0 amide bonds. The molecule has 0 spiro atoms. The third-order valence-electron chi connectivity index (χ3n) is 11.6. The van der Waals surface area contributed by atoms with Crippen molar-refractivity contribution in [1.29, 1.82) is 0 Å². The summed E-state index contributed by atoms with van der Waals surface area (Å²) in [6.45, 7) is 44.1. The first kappa shape index (κ1) is 47.3. The lowest BCUT2D eigenvalue weighted by atomic mass is 9.74. The van der Waals surface area contributed by atoms with E-state index in [1.54, 1.807) is 5.56 Å². The summed E-state index contributed by atoms with van der Waals surface area (Å²) in [7, 11) is 0. The first-order chi connectivity index (χ1) is 23.6. The van der Waals surface area contributed by atoms with Crippen LogP contribution in [0.4, 0.5) is 0 Å². The van der Waals surface area contributed by atoms with Crippen molar-refractivity contribution >= 4 is 17.4 Å². The van der Waals surface area contributed by atoms with Crippen LogP contribution < -0.4 is 0 Å². The molecule has 282 valence electrons. The molecular weight excluding hydrogens is 605 g/mol. The van der Waals surface area contributed by atoms with Gasteiger partial charge in [-0.1, -0.05) is 157 Å². The number of ketones is 1. The summed E-state index contributed by atoms with van der Waals surface area (Å²) < 4.78 is 0. The SMILES string of the molecule is C=C(c1ccc(C(C)C)cc1/C=C\C)c1cc(C)cc(C)c1C1(CC)CC1(C)C(C)C.CC.CC.CCC(CC)C(=O)/C=C(\C)C(CC)CC. The molecule has 2 atom stereocenters. The van der Waals surface area contributed by atoms with Gasteiger partial charge in [0.25, 0.3) is 0 Å². The van der Waals surface area contributed by atoms with Crippen LogP contribution in [0.1, 0.15) is 194 Å². The first-order valence-electron chi connectivity index (χ1n) is 20.4. The molecule has 1 fully saturated rings. The Labute approximate surface area is 312 Å². The van der Waals surface area contributed by atoms with Crippen molar-refractivity contribution < 1.29 is 4.79 Å². The average Bonchev–Trinajstić information content (AvgIpc) is 3.73. The zero-order valence-electron chi connectivity index (χ0n) is 36.3. The highest BCUT2D eigenvalue weighted by Crippen LogP contribution is 2.71. The maximum Gasteiger partial charge on any atom is 0.158 e. The fourth-order valence-corrected chi connectivity index (χ4v) is 8.02. The number of carbonyl (C=O) groups excluding carboxylic acids is 1. The molecule has 0 N–H and O–H groups in total. The quantitative estimate of drug-likeness (QED) is 0.181. The number of hydrogen-bond acceptors (Lipinski definition) is 1. The Morgan fingerprint density at radius 2 is 1.38 bits per heavy atom. The summed E-state index contributed by atoms with van der Waals surface area (Å²) >= 11 is 0. The standard InChI is InChI=1S/C31H42.C14H26O.2C2H6/c1-11-13-26-18-25(20(3)4)14-15-27(26)24(9)28-17-22(7)16-23(8)29(28)31(12-2)19-30(31,10)21(5)6;1-6-12(7-2)11(5)10-14(15)13(8-3)9-4;2*1-2/h11,13-18,20-21H,9,12,19H2,1-8,10H3;10,12-13H,6-9H2,1-5H3;2*1-2H3/b13-11-;11-10+;;. The van der Waals surface area contributed by atoms with Gasteiger partial charge in [0.15, 0.2) is 5.78 Å². The fraction of sp³-hybridized carbons (Fsp3) is 0.612. The monoisotopic (exact) mass is 685 g/mol. The van der Waals surface area contributed by atoms with E-state index in [0.29, 0.717) is 29.0 Å². The minimum atomic E-state index is 0.231. The predicted molar refractivity (Wildman–Crippen MR) is 228 cm³/mol. The number of hydrogen-bond donors (Lipinski definition) is 0. The molecule has 1 saturated carbocycles. The van der Waals surface area contributed by atoms with Crippen LogP contribution in [-0.2, 0) is 10.2 Å². The van der Waals surface area contributed by atoms with Crippen LogP contribution in [0.2, 0.25) is 0 Å². The smallest absolute Gasteiger partial charge is 0.158 e. The van der Waals surface area contributed by atoms with Gasteiger partial charge in [0.2, 0.25) is 0 Å². The van der Waals surface area contributed by atoms with Gasteiger partial charge in [-0.2, -0.15) is 0 Å². The van der Waals surface area contributed by atoms with Crippen molar-refractivity contribution in [2.75, 3.05) is 0 Å². The first-order valence-corrected chi connectivity index (χ1v) is 20.4. The summed E-state index contributed by atoms with van der Waals surface area (Å²) in [5, 5.41) is 0. The number of rotatable bonds is 14.